The first-order valence-corrected chi connectivity index (χ1v) is 10.6. The van der Waals surface area contributed by atoms with Gasteiger partial charge in [0.15, 0.2) is 23.1 Å². The normalized spacial score (nSPS) is 13.9. The van der Waals surface area contributed by atoms with Crippen LogP contribution in [0.2, 0.25) is 0 Å². The van der Waals surface area contributed by atoms with Gasteiger partial charge in [0, 0.05) is 26.2 Å². The van der Waals surface area contributed by atoms with Gasteiger partial charge < -0.3 is 10.2 Å². The van der Waals surface area contributed by atoms with Gasteiger partial charge in [-0.05, 0) is 89.8 Å². The first-order chi connectivity index (χ1) is 15.0. The van der Waals surface area contributed by atoms with Gasteiger partial charge in [-0.25, -0.2) is 8.78 Å². The van der Waals surface area contributed by atoms with Gasteiger partial charge in [0.05, 0.1) is 0 Å². The third-order valence-electron chi connectivity index (χ3n) is 5.60. The third-order valence-corrected chi connectivity index (χ3v) is 5.60. The maximum atomic E-state index is 12.1. The zero-order valence-electron chi connectivity index (χ0n) is 20.3. The Labute approximate surface area is 216 Å². The Kier molecular flexibility index (Phi) is 14.5. The monoisotopic (exact) mass is 530 g/mol. The summed E-state index contributed by atoms with van der Waals surface area (Å²) in [6.45, 7) is 13.1. The Balaban J connectivity index is 0.000000410. The van der Waals surface area contributed by atoms with Crippen molar-refractivity contribution < 1.29 is 45.2 Å². The molecular formula is C28H34F2O2Zr. The molecule has 2 aromatic rings. The van der Waals surface area contributed by atoms with Crippen molar-refractivity contribution in [1.82, 2.24) is 0 Å². The fourth-order valence-electron chi connectivity index (χ4n) is 2.80. The smallest absolute Gasteiger partial charge is 0.164 e. The minimum absolute atomic E-state index is 0. The van der Waals surface area contributed by atoms with E-state index in [-0.39, 0.29) is 37.7 Å². The van der Waals surface area contributed by atoms with E-state index in [0.29, 0.717) is 0 Å². The Bertz CT molecular complexity index is 897. The van der Waals surface area contributed by atoms with Crippen molar-refractivity contribution in [3.63, 3.8) is 0 Å². The molecule has 0 bridgehead atoms. The maximum Gasteiger partial charge on any atom is 0.164 e. The molecule has 33 heavy (non-hydrogen) atoms. The van der Waals surface area contributed by atoms with E-state index >= 15 is 0 Å². The van der Waals surface area contributed by atoms with Crippen LogP contribution < -0.4 is 0 Å². The van der Waals surface area contributed by atoms with Crippen molar-refractivity contribution in [2.45, 2.75) is 54.4 Å². The number of phenolic OH excluding ortho intramolecular Hbond substituents is 2. The summed E-state index contributed by atoms with van der Waals surface area (Å²) in [4.78, 5) is 0. The molecular weight excluding hydrogens is 498 g/mol. The first-order valence-electron chi connectivity index (χ1n) is 10.6. The predicted octanol–water partition coefficient (Wildman–Crippen LogP) is 8.41. The van der Waals surface area contributed by atoms with E-state index in [4.69, 9.17) is 10.2 Å². The van der Waals surface area contributed by atoms with E-state index < -0.39 is 11.6 Å². The van der Waals surface area contributed by atoms with Gasteiger partial charge in [-0.2, -0.15) is 0 Å². The number of hydrogen-bond donors (Lipinski definition) is 2. The molecule has 2 aliphatic carbocycles. The van der Waals surface area contributed by atoms with E-state index in [9.17, 15) is 8.78 Å². The second-order valence-electron chi connectivity index (χ2n) is 7.90. The van der Waals surface area contributed by atoms with Gasteiger partial charge in [-0.3, -0.25) is 0 Å². The molecule has 0 spiro atoms. The molecule has 0 radical (unpaired) electrons. The molecule has 2 aromatic carbocycles. The molecule has 0 saturated carbocycles. The Morgan fingerprint density at radius 3 is 1.00 bits per heavy atom. The summed E-state index contributed by atoms with van der Waals surface area (Å²) >= 11 is 0. The van der Waals surface area contributed by atoms with Crippen LogP contribution in [-0.2, 0) is 26.2 Å². The van der Waals surface area contributed by atoms with Gasteiger partial charge in [0.25, 0.3) is 0 Å². The standard InChI is InChI=1S/2C8H12.2C6H5FO.Zr/c2*1-6-4-5-7(2)8(6)3;2*7-5-3-1-2-4-6(5)8;/h2*4H,5H2,1-3H3;2*1-4,8H;. The van der Waals surface area contributed by atoms with Crippen LogP contribution in [0.4, 0.5) is 8.78 Å². The molecule has 2 N–H and O–H groups in total. The molecule has 0 aromatic heterocycles. The molecule has 0 amide bonds. The Hall–Kier alpha value is -2.26. The number of benzene rings is 2. The average molecular weight is 532 g/mol. The van der Waals surface area contributed by atoms with Crippen LogP contribution in [0.15, 0.2) is 94.1 Å². The van der Waals surface area contributed by atoms with Gasteiger partial charge in [-0.15, -0.1) is 0 Å². The Morgan fingerprint density at radius 1 is 0.576 bits per heavy atom. The second kappa shape index (κ2) is 15.6. The van der Waals surface area contributed by atoms with E-state index in [1.807, 2.05) is 0 Å². The minimum atomic E-state index is -0.576. The molecule has 0 fully saturated rings. The average Bonchev–Trinajstić information content (AvgIpc) is 3.23. The van der Waals surface area contributed by atoms with Crippen LogP contribution in [0.5, 0.6) is 11.5 Å². The Morgan fingerprint density at radius 2 is 0.879 bits per heavy atom. The molecule has 4 rings (SSSR count). The van der Waals surface area contributed by atoms with E-state index in [1.165, 1.54) is 82.7 Å². The van der Waals surface area contributed by atoms with Crippen LogP contribution in [0.3, 0.4) is 0 Å². The topological polar surface area (TPSA) is 40.5 Å². The molecule has 0 aliphatic heterocycles. The van der Waals surface area contributed by atoms with Crippen LogP contribution in [0.25, 0.3) is 0 Å². The number of halogens is 2. The number of phenols is 2. The van der Waals surface area contributed by atoms with Crippen LogP contribution >= 0.6 is 0 Å². The van der Waals surface area contributed by atoms with E-state index in [2.05, 4.69) is 53.7 Å². The van der Waals surface area contributed by atoms with Crippen molar-refractivity contribution in [2.24, 2.45) is 0 Å². The summed E-state index contributed by atoms with van der Waals surface area (Å²) in [6, 6.07) is 11.2. The van der Waals surface area contributed by atoms with Crippen LogP contribution in [0, 0.1) is 11.6 Å². The molecule has 2 nitrogen and oxygen atoms in total. The first kappa shape index (κ1) is 30.7. The quantitative estimate of drug-likeness (QED) is 0.358. The number of aromatic hydroxyl groups is 2. The second-order valence-corrected chi connectivity index (χ2v) is 7.90. The predicted molar refractivity (Wildman–Crippen MR) is 130 cm³/mol. The summed E-state index contributed by atoms with van der Waals surface area (Å²) in [6.07, 6.45) is 6.92. The van der Waals surface area contributed by atoms with E-state index in [0.717, 1.165) is 0 Å². The third kappa shape index (κ3) is 10.9. The SMILES string of the molecule is CC1=CCC(C)=C1C.CC1=CCC(C)=C1C.Oc1ccccc1F.Oc1ccccc1F.[Zr]. The fourth-order valence-corrected chi connectivity index (χ4v) is 2.80. The van der Waals surface area contributed by atoms with Crippen molar-refractivity contribution in [3.8, 4) is 11.5 Å². The number of hydrogen-bond acceptors (Lipinski definition) is 2. The van der Waals surface area contributed by atoms with E-state index in [1.54, 1.807) is 12.1 Å². The summed E-state index contributed by atoms with van der Waals surface area (Å²) in [5.41, 5.74) is 8.96. The molecule has 0 atom stereocenters. The summed E-state index contributed by atoms with van der Waals surface area (Å²) in [7, 11) is 0. The molecule has 5 heteroatoms. The van der Waals surface area contributed by atoms with Crippen molar-refractivity contribution in [1.29, 1.82) is 0 Å². The minimum Gasteiger partial charge on any atom is -0.505 e. The summed E-state index contributed by atoms with van der Waals surface area (Å²) in [5.74, 6) is -1.75. The number of para-hydroxylation sites is 2. The van der Waals surface area contributed by atoms with Crippen molar-refractivity contribution in [3.05, 3.63) is 106 Å². The maximum absolute atomic E-state index is 12.1. The molecule has 176 valence electrons. The van der Waals surface area contributed by atoms with Crippen LogP contribution in [-0.4, -0.2) is 10.2 Å². The summed E-state index contributed by atoms with van der Waals surface area (Å²) in [5, 5.41) is 17.1. The molecule has 0 heterocycles. The zero-order valence-corrected chi connectivity index (χ0v) is 22.8. The van der Waals surface area contributed by atoms with Gasteiger partial charge in [-0.1, -0.05) is 58.7 Å². The van der Waals surface area contributed by atoms with Crippen LogP contribution in [0.1, 0.15) is 54.4 Å². The largest absolute Gasteiger partial charge is 0.505 e. The number of rotatable bonds is 0. The van der Waals surface area contributed by atoms with Gasteiger partial charge in [0.2, 0.25) is 0 Å². The molecule has 0 saturated heterocycles. The molecule has 0 unspecified atom stereocenters. The van der Waals surface area contributed by atoms with Crippen molar-refractivity contribution in [2.75, 3.05) is 0 Å². The zero-order chi connectivity index (χ0) is 24.3. The summed E-state index contributed by atoms with van der Waals surface area (Å²) < 4.78 is 24.1. The molecule has 2 aliphatic rings. The number of allylic oxidation sites excluding steroid dienone is 8. The van der Waals surface area contributed by atoms with Crippen molar-refractivity contribution >= 4 is 0 Å². The fraction of sp³-hybridized carbons (Fsp3) is 0.286. The van der Waals surface area contributed by atoms with Gasteiger partial charge >= 0.3 is 0 Å². The van der Waals surface area contributed by atoms with Gasteiger partial charge in [0.1, 0.15) is 0 Å².